The molecule has 0 radical (unpaired) electrons. The van der Waals surface area contributed by atoms with Crippen molar-refractivity contribution in [2.24, 2.45) is 5.92 Å². The highest BCUT2D eigenvalue weighted by Gasteiger charge is 2.27. The average Bonchev–Trinajstić information content (AvgIpc) is 2.53. The third kappa shape index (κ3) is 4.14. The second-order valence-corrected chi connectivity index (χ2v) is 7.07. The van der Waals surface area contributed by atoms with Crippen molar-refractivity contribution in [3.8, 4) is 0 Å². The maximum atomic E-state index is 12.3. The number of urea groups is 1. The van der Waals surface area contributed by atoms with Crippen molar-refractivity contribution in [1.29, 1.82) is 0 Å². The molecule has 5 heteroatoms. The molecule has 1 aliphatic rings. The fourth-order valence-electron chi connectivity index (χ4n) is 2.91. The Bertz CT molecular complexity index is 519. The highest BCUT2D eigenvalue weighted by atomic mass is 35.5. The largest absolute Gasteiger partial charge is 0.396 e. The van der Waals surface area contributed by atoms with Gasteiger partial charge in [0.1, 0.15) is 0 Å². The number of likely N-dealkylation sites (tertiary alicyclic amines) is 1. The lowest BCUT2D eigenvalue weighted by molar-refractivity contribution is 0.129. The summed E-state index contributed by atoms with van der Waals surface area (Å²) >= 11 is 6.26. The fourth-order valence-corrected chi connectivity index (χ4v) is 3.30. The first-order chi connectivity index (χ1) is 10.4. The summed E-state index contributed by atoms with van der Waals surface area (Å²) in [6.07, 6.45) is 1.94. The Labute approximate surface area is 137 Å². The van der Waals surface area contributed by atoms with Crippen LogP contribution in [0.15, 0.2) is 24.3 Å². The summed E-state index contributed by atoms with van der Waals surface area (Å²) in [6, 6.07) is 7.68. The van der Waals surface area contributed by atoms with Crippen LogP contribution in [-0.4, -0.2) is 42.3 Å². The van der Waals surface area contributed by atoms with E-state index in [1.165, 1.54) is 0 Å². The van der Waals surface area contributed by atoms with E-state index in [2.05, 4.69) is 19.2 Å². The summed E-state index contributed by atoms with van der Waals surface area (Å²) in [7, 11) is 0. The van der Waals surface area contributed by atoms with Crippen molar-refractivity contribution in [3.05, 3.63) is 34.9 Å². The molecule has 1 atom stereocenters. The molecule has 2 rings (SSSR count). The predicted octanol–water partition coefficient (Wildman–Crippen LogP) is 3.03. The van der Waals surface area contributed by atoms with Gasteiger partial charge in [-0.25, -0.2) is 4.79 Å². The number of nitrogens with one attached hydrogen (secondary N) is 1. The molecule has 0 unspecified atom stereocenters. The molecule has 1 saturated heterocycles. The van der Waals surface area contributed by atoms with Gasteiger partial charge in [-0.2, -0.15) is 0 Å². The molecule has 1 fully saturated rings. The SMILES string of the molecule is CC(C)(CNC(=O)N1CCC[C@@H](CO)C1)c1ccccc1Cl. The number of halogens is 1. The van der Waals surface area contributed by atoms with E-state index in [1.807, 2.05) is 24.3 Å². The minimum absolute atomic E-state index is 0.0571. The number of nitrogens with zero attached hydrogens (tertiary/aromatic N) is 1. The van der Waals surface area contributed by atoms with E-state index in [0.717, 1.165) is 30.0 Å². The Morgan fingerprint density at radius 3 is 2.86 bits per heavy atom. The van der Waals surface area contributed by atoms with E-state index in [0.29, 0.717) is 13.1 Å². The van der Waals surface area contributed by atoms with Gasteiger partial charge < -0.3 is 15.3 Å². The number of hydrogen-bond acceptors (Lipinski definition) is 2. The quantitative estimate of drug-likeness (QED) is 0.894. The smallest absolute Gasteiger partial charge is 0.317 e. The second-order valence-electron chi connectivity index (χ2n) is 6.66. The normalized spacial score (nSPS) is 19.1. The van der Waals surface area contributed by atoms with Gasteiger partial charge in [-0.3, -0.25) is 0 Å². The first-order valence-electron chi connectivity index (χ1n) is 7.82. The molecule has 122 valence electrons. The summed E-state index contributed by atoms with van der Waals surface area (Å²) in [5.41, 5.74) is 0.795. The molecular weight excluding hydrogens is 300 g/mol. The van der Waals surface area contributed by atoms with Crippen LogP contribution in [0, 0.1) is 5.92 Å². The molecule has 0 spiro atoms. The zero-order chi connectivity index (χ0) is 16.2. The molecule has 22 heavy (non-hydrogen) atoms. The summed E-state index contributed by atoms with van der Waals surface area (Å²) < 4.78 is 0. The molecule has 2 amide bonds. The average molecular weight is 325 g/mol. The highest BCUT2D eigenvalue weighted by molar-refractivity contribution is 6.31. The topological polar surface area (TPSA) is 52.6 Å². The molecule has 1 heterocycles. The molecule has 1 aromatic rings. The monoisotopic (exact) mass is 324 g/mol. The summed E-state index contributed by atoms with van der Waals surface area (Å²) in [6.45, 7) is 6.21. The van der Waals surface area contributed by atoms with Gasteiger partial charge in [-0.05, 0) is 30.4 Å². The maximum absolute atomic E-state index is 12.3. The summed E-state index contributed by atoms with van der Waals surface area (Å²) in [5, 5.41) is 13.0. The van der Waals surface area contributed by atoms with Gasteiger partial charge in [-0.1, -0.05) is 43.6 Å². The Morgan fingerprint density at radius 1 is 1.45 bits per heavy atom. The molecule has 1 aliphatic heterocycles. The standard InChI is InChI=1S/C17H25ClN2O2/c1-17(2,14-7-3-4-8-15(14)18)12-19-16(22)20-9-5-6-13(10-20)11-21/h3-4,7-8,13,21H,5-6,9-12H2,1-2H3,(H,19,22)/t13-/m1/s1. The lowest BCUT2D eigenvalue weighted by Crippen LogP contribution is -2.48. The van der Waals surface area contributed by atoms with Crippen molar-refractivity contribution in [3.63, 3.8) is 0 Å². The van der Waals surface area contributed by atoms with E-state index in [9.17, 15) is 9.90 Å². The van der Waals surface area contributed by atoms with Crippen LogP contribution in [0.25, 0.3) is 0 Å². The molecule has 0 saturated carbocycles. The van der Waals surface area contributed by atoms with Crippen LogP contribution in [0.2, 0.25) is 5.02 Å². The van der Waals surface area contributed by atoms with Gasteiger partial charge >= 0.3 is 6.03 Å². The number of carbonyl (C=O) groups excluding carboxylic acids is 1. The predicted molar refractivity (Wildman–Crippen MR) is 89.3 cm³/mol. The number of aliphatic hydroxyl groups is 1. The molecule has 0 bridgehead atoms. The van der Waals surface area contributed by atoms with Gasteiger partial charge in [0, 0.05) is 36.7 Å². The van der Waals surface area contributed by atoms with Crippen molar-refractivity contribution in [2.45, 2.75) is 32.1 Å². The van der Waals surface area contributed by atoms with Gasteiger partial charge in [-0.15, -0.1) is 0 Å². The Balaban J connectivity index is 1.94. The van der Waals surface area contributed by atoms with E-state index in [1.54, 1.807) is 4.90 Å². The number of benzene rings is 1. The highest BCUT2D eigenvalue weighted by Crippen LogP contribution is 2.29. The number of aliphatic hydroxyl groups excluding tert-OH is 1. The Hall–Kier alpha value is -1.26. The first-order valence-corrected chi connectivity index (χ1v) is 8.20. The van der Waals surface area contributed by atoms with Crippen LogP contribution in [-0.2, 0) is 5.41 Å². The van der Waals surface area contributed by atoms with Crippen molar-refractivity contribution >= 4 is 17.6 Å². The van der Waals surface area contributed by atoms with Crippen LogP contribution >= 0.6 is 11.6 Å². The molecule has 2 N–H and O–H groups in total. The van der Waals surface area contributed by atoms with Crippen molar-refractivity contribution < 1.29 is 9.90 Å². The third-order valence-corrected chi connectivity index (χ3v) is 4.68. The number of hydrogen-bond donors (Lipinski definition) is 2. The minimum atomic E-state index is -0.236. The number of piperidine rings is 1. The molecule has 0 aliphatic carbocycles. The number of rotatable bonds is 4. The van der Waals surface area contributed by atoms with Crippen LogP contribution in [0.5, 0.6) is 0 Å². The Kier molecular flexibility index (Phi) is 5.70. The first kappa shape index (κ1) is 17.1. The van der Waals surface area contributed by atoms with Crippen LogP contribution in [0.1, 0.15) is 32.3 Å². The van der Waals surface area contributed by atoms with Crippen LogP contribution in [0.4, 0.5) is 4.79 Å². The van der Waals surface area contributed by atoms with Crippen molar-refractivity contribution in [2.75, 3.05) is 26.2 Å². The lowest BCUT2D eigenvalue weighted by Gasteiger charge is -2.33. The maximum Gasteiger partial charge on any atom is 0.317 e. The summed E-state index contributed by atoms with van der Waals surface area (Å²) in [4.78, 5) is 14.1. The van der Waals surface area contributed by atoms with Crippen LogP contribution < -0.4 is 5.32 Å². The zero-order valence-electron chi connectivity index (χ0n) is 13.3. The van der Waals surface area contributed by atoms with Crippen LogP contribution in [0.3, 0.4) is 0 Å². The van der Waals surface area contributed by atoms with Gasteiger partial charge in [0.05, 0.1) is 0 Å². The molecular formula is C17H25ClN2O2. The van der Waals surface area contributed by atoms with Gasteiger partial charge in [0.15, 0.2) is 0 Å². The van der Waals surface area contributed by atoms with Gasteiger partial charge in [0.25, 0.3) is 0 Å². The zero-order valence-corrected chi connectivity index (χ0v) is 14.1. The van der Waals surface area contributed by atoms with Gasteiger partial charge in [0.2, 0.25) is 0 Å². The second kappa shape index (κ2) is 7.34. The summed E-state index contributed by atoms with van der Waals surface area (Å²) in [5.74, 6) is 0.205. The molecule has 4 nitrogen and oxygen atoms in total. The van der Waals surface area contributed by atoms with E-state index < -0.39 is 0 Å². The number of carbonyl (C=O) groups is 1. The minimum Gasteiger partial charge on any atom is -0.396 e. The fraction of sp³-hybridized carbons (Fsp3) is 0.588. The molecule has 0 aromatic heterocycles. The van der Waals surface area contributed by atoms with Crippen molar-refractivity contribution in [1.82, 2.24) is 10.2 Å². The Morgan fingerprint density at radius 2 is 2.18 bits per heavy atom. The third-order valence-electron chi connectivity index (χ3n) is 4.35. The molecule has 1 aromatic carbocycles. The lowest BCUT2D eigenvalue weighted by atomic mass is 9.84. The van der Waals surface area contributed by atoms with E-state index >= 15 is 0 Å². The number of amides is 2. The van der Waals surface area contributed by atoms with E-state index in [4.69, 9.17) is 11.6 Å². The van der Waals surface area contributed by atoms with E-state index in [-0.39, 0.29) is 24.0 Å².